The normalized spacial score (nSPS) is 15.5. The molecular formula is C24H30N4O3S. The number of benzene rings is 1. The van der Waals surface area contributed by atoms with E-state index >= 15 is 0 Å². The third-order valence-corrected chi connectivity index (χ3v) is 7.11. The highest BCUT2D eigenvalue weighted by Crippen LogP contribution is 2.31. The van der Waals surface area contributed by atoms with E-state index in [4.69, 9.17) is 9.15 Å². The summed E-state index contributed by atoms with van der Waals surface area (Å²) < 4.78 is 13.0. The van der Waals surface area contributed by atoms with Gasteiger partial charge in [0.1, 0.15) is 11.5 Å². The molecule has 1 fully saturated rings. The first kappa shape index (κ1) is 22.5. The highest BCUT2D eigenvalue weighted by molar-refractivity contribution is 8.00. The number of carbonyl (C=O) groups excluding carboxylic acids is 1. The summed E-state index contributed by atoms with van der Waals surface area (Å²) in [5, 5.41) is 9.33. The molecule has 0 N–H and O–H groups in total. The topological polar surface area (TPSA) is 73.4 Å². The number of hydrogen-bond acceptors (Lipinski definition) is 6. The smallest absolute Gasteiger partial charge is 0.235 e. The summed E-state index contributed by atoms with van der Waals surface area (Å²) in [7, 11) is 3.58. The molecule has 8 heteroatoms. The molecule has 0 radical (unpaired) electrons. The van der Waals surface area contributed by atoms with Gasteiger partial charge in [0.15, 0.2) is 11.0 Å². The standard InChI is InChI=1S/C24H30N4O3S/c1-17(23(29)27(2)19-10-5-4-6-11-19)32-24-26-25-22(18-9-7-12-20(15-18)30-3)28(24)16-21-13-8-14-31-21/h7-9,12-15,17,19H,4-6,10-11,16H2,1-3H3. The maximum Gasteiger partial charge on any atom is 0.235 e. The van der Waals surface area contributed by atoms with Crippen LogP contribution in [-0.2, 0) is 11.3 Å². The van der Waals surface area contributed by atoms with Crippen LogP contribution >= 0.6 is 11.8 Å². The molecule has 3 aromatic rings. The molecule has 0 spiro atoms. The van der Waals surface area contributed by atoms with Crippen molar-refractivity contribution in [2.75, 3.05) is 14.2 Å². The second-order valence-electron chi connectivity index (χ2n) is 8.20. The minimum absolute atomic E-state index is 0.136. The molecule has 7 nitrogen and oxygen atoms in total. The zero-order valence-electron chi connectivity index (χ0n) is 18.9. The fourth-order valence-corrected chi connectivity index (χ4v) is 5.15. The van der Waals surface area contributed by atoms with E-state index in [1.54, 1.807) is 13.4 Å². The maximum atomic E-state index is 13.1. The van der Waals surface area contributed by atoms with Crippen molar-refractivity contribution >= 4 is 17.7 Å². The minimum Gasteiger partial charge on any atom is -0.497 e. The Morgan fingerprint density at radius 1 is 1.25 bits per heavy atom. The van der Waals surface area contributed by atoms with Crippen molar-refractivity contribution in [3.63, 3.8) is 0 Å². The first-order valence-corrected chi connectivity index (χ1v) is 12.0. The van der Waals surface area contributed by atoms with Crippen LogP contribution in [0.2, 0.25) is 0 Å². The Bertz CT molecular complexity index is 1030. The SMILES string of the molecule is COc1cccc(-c2nnc(SC(C)C(=O)N(C)C3CCCCC3)n2Cc2ccco2)c1. The Morgan fingerprint density at radius 2 is 2.06 bits per heavy atom. The molecule has 2 aromatic heterocycles. The van der Waals surface area contributed by atoms with E-state index in [0.29, 0.717) is 23.6 Å². The minimum atomic E-state index is -0.264. The summed E-state index contributed by atoms with van der Waals surface area (Å²) in [5.74, 6) is 2.40. The van der Waals surface area contributed by atoms with Crippen molar-refractivity contribution in [1.29, 1.82) is 0 Å². The number of thioether (sulfide) groups is 1. The van der Waals surface area contributed by atoms with Gasteiger partial charge in [0.05, 0.1) is 25.2 Å². The lowest BCUT2D eigenvalue weighted by Crippen LogP contribution is -2.42. The highest BCUT2D eigenvalue weighted by atomic mass is 32.2. The number of methoxy groups -OCH3 is 1. The van der Waals surface area contributed by atoms with E-state index in [-0.39, 0.29) is 11.2 Å². The molecule has 1 aliphatic carbocycles. The second kappa shape index (κ2) is 10.3. The third kappa shape index (κ3) is 5.01. The van der Waals surface area contributed by atoms with Crippen molar-refractivity contribution in [2.24, 2.45) is 0 Å². The molecule has 1 atom stereocenters. The van der Waals surface area contributed by atoms with Gasteiger partial charge >= 0.3 is 0 Å². The molecule has 4 rings (SSSR count). The van der Waals surface area contributed by atoms with E-state index in [1.807, 2.05) is 59.8 Å². The molecule has 32 heavy (non-hydrogen) atoms. The molecule has 0 aliphatic heterocycles. The van der Waals surface area contributed by atoms with E-state index in [0.717, 1.165) is 29.9 Å². The molecule has 1 saturated carbocycles. The monoisotopic (exact) mass is 454 g/mol. The van der Waals surface area contributed by atoms with Crippen LogP contribution in [0.25, 0.3) is 11.4 Å². The zero-order valence-corrected chi connectivity index (χ0v) is 19.7. The Labute approximate surface area is 193 Å². The van der Waals surface area contributed by atoms with Crippen molar-refractivity contribution in [2.45, 2.75) is 62.0 Å². The van der Waals surface area contributed by atoms with Crippen molar-refractivity contribution in [3.05, 3.63) is 48.4 Å². The van der Waals surface area contributed by atoms with Crippen LogP contribution in [0.5, 0.6) is 5.75 Å². The molecular weight excluding hydrogens is 424 g/mol. The van der Waals surface area contributed by atoms with Crippen molar-refractivity contribution < 1.29 is 13.9 Å². The van der Waals surface area contributed by atoms with Gasteiger partial charge in [-0.2, -0.15) is 0 Å². The molecule has 0 bridgehead atoms. The number of rotatable bonds is 8. The van der Waals surface area contributed by atoms with Gasteiger partial charge in [-0.1, -0.05) is 43.2 Å². The average Bonchev–Trinajstić information content (AvgIpc) is 3.49. The fourth-order valence-electron chi connectivity index (χ4n) is 4.20. The Morgan fingerprint density at radius 3 is 2.78 bits per heavy atom. The van der Waals surface area contributed by atoms with Crippen LogP contribution < -0.4 is 4.74 Å². The molecule has 170 valence electrons. The van der Waals surface area contributed by atoms with Gasteiger partial charge in [0.2, 0.25) is 5.91 Å². The number of hydrogen-bond donors (Lipinski definition) is 0. The number of ether oxygens (including phenoxy) is 1. The summed E-state index contributed by atoms with van der Waals surface area (Å²) in [4.78, 5) is 15.1. The second-order valence-corrected chi connectivity index (χ2v) is 9.51. The average molecular weight is 455 g/mol. The van der Waals surface area contributed by atoms with E-state index < -0.39 is 0 Å². The van der Waals surface area contributed by atoms with Gasteiger partial charge in [0, 0.05) is 18.7 Å². The summed E-state index contributed by atoms with van der Waals surface area (Å²) in [5.41, 5.74) is 0.897. The number of amides is 1. The lowest BCUT2D eigenvalue weighted by Gasteiger charge is -2.32. The first-order valence-electron chi connectivity index (χ1n) is 11.1. The first-order chi connectivity index (χ1) is 15.6. The number of carbonyl (C=O) groups is 1. The van der Waals surface area contributed by atoms with Crippen molar-refractivity contribution in [3.8, 4) is 17.1 Å². The summed E-state index contributed by atoms with van der Waals surface area (Å²) in [6.45, 7) is 2.43. The lowest BCUT2D eigenvalue weighted by atomic mass is 9.94. The predicted molar refractivity (Wildman–Crippen MR) is 125 cm³/mol. The van der Waals surface area contributed by atoms with Gasteiger partial charge in [0.25, 0.3) is 0 Å². The molecule has 1 unspecified atom stereocenters. The quantitative estimate of drug-likeness (QED) is 0.452. The third-order valence-electron chi connectivity index (χ3n) is 6.04. The lowest BCUT2D eigenvalue weighted by molar-refractivity contribution is -0.131. The van der Waals surface area contributed by atoms with E-state index in [2.05, 4.69) is 10.2 Å². The maximum absolute atomic E-state index is 13.1. The molecule has 1 amide bonds. The van der Waals surface area contributed by atoms with Crippen LogP contribution in [0.4, 0.5) is 0 Å². The fraction of sp³-hybridized carbons (Fsp3) is 0.458. The van der Waals surface area contributed by atoms with Gasteiger partial charge in [-0.25, -0.2) is 0 Å². The highest BCUT2D eigenvalue weighted by Gasteiger charge is 2.28. The van der Waals surface area contributed by atoms with Gasteiger partial charge < -0.3 is 14.1 Å². The van der Waals surface area contributed by atoms with E-state index in [1.165, 1.54) is 31.0 Å². The summed E-state index contributed by atoms with van der Waals surface area (Å²) in [6.07, 6.45) is 7.51. The Kier molecular flexibility index (Phi) is 7.19. The van der Waals surface area contributed by atoms with Crippen LogP contribution in [0.15, 0.2) is 52.2 Å². The number of nitrogens with zero attached hydrogens (tertiary/aromatic N) is 4. The molecule has 1 aliphatic rings. The van der Waals surface area contributed by atoms with E-state index in [9.17, 15) is 4.79 Å². The van der Waals surface area contributed by atoms with Crippen LogP contribution in [0.1, 0.15) is 44.8 Å². The van der Waals surface area contributed by atoms with Crippen molar-refractivity contribution in [1.82, 2.24) is 19.7 Å². The summed E-state index contributed by atoms with van der Waals surface area (Å²) >= 11 is 1.44. The van der Waals surface area contributed by atoms with Crippen LogP contribution in [0.3, 0.4) is 0 Å². The number of furan rings is 1. The zero-order chi connectivity index (χ0) is 22.5. The number of aromatic nitrogens is 3. The molecule has 2 heterocycles. The Hall–Kier alpha value is -2.74. The van der Waals surface area contributed by atoms with Crippen LogP contribution in [-0.4, -0.2) is 51.0 Å². The van der Waals surface area contributed by atoms with Gasteiger partial charge in [-0.05, 0) is 44.0 Å². The van der Waals surface area contributed by atoms with Crippen LogP contribution in [0, 0.1) is 0 Å². The molecule has 1 aromatic carbocycles. The largest absolute Gasteiger partial charge is 0.497 e. The Balaban J connectivity index is 1.58. The van der Waals surface area contributed by atoms with Gasteiger partial charge in [-0.15, -0.1) is 10.2 Å². The summed E-state index contributed by atoms with van der Waals surface area (Å²) in [6, 6.07) is 11.9. The van der Waals surface area contributed by atoms with Gasteiger partial charge in [-0.3, -0.25) is 9.36 Å². The predicted octanol–water partition coefficient (Wildman–Crippen LogP) is 4.87. The molecule has 0 saturated heterocycles.